The Bertz CT molecular complexity index is 206. The third kappa shape index (κ3) is 3.71. The quantitative estimate of drug-likeness (QED) is 0.724. The average Bonchev–Trinajstić information content (AvgIpc) is 2.60. The summed E-state index contributed by atoms with van der Waals surface area (Å²) in [6, 6.07) is 0. The summed E-state index contributed by atoms with van der Waals surface area (Å²) in [5, 5.41) is 3.44. The molecule has 0 bridgehead atoms. The van der Waals surface area contributed by atoms with Gasteiger partial charge in [-0.15, -0.1) is 0 Å². The second-order valence-corrected chi connectivity index (χ2v) is 6.65. The molecule has 1 nitrogen and oxygen atoms in total. The number of rotatable bonds is 3. The smallest absolute Gasteiger partial charge is 0.00208 e. The molecule has 0 radical (unpaired) electrons. The molecule has 100 valence electrons. The van der Waals surface area contributed by atoms with Crippen molar-refractivity contribution in [3.8, 4) is 0 Å². The van der Waals surface area contributed by atoms with E-state index in [0.29, 0.717) is 0 Å². The van der Waals surface area contributed by atoms with E-state index in [9.17, 15) is 0 Å². The molecule has 0 aromatic carbocycles. The first-order chi connectivity index (χ1) is 8.31. The molecule has 2 aliphatic rings. The van der Waals surface area contributed by atoms with E-state index in [1.807, 2.05) is 0 Å². The average molecular weight is 237 g/mol. The van der Waals surface area contributed by atoms with Gasteiger partial charge in [0.1, 0.15) is 0 Å². The molecular weight excluding hydrogens is 206 g/mol. The molecule has 2 rings (SSSR count). The minimum Gasteiger partial charge on any atom is -0.319 e. The molecule has 2 aliphatic carbocycles. The van der Waals surface area contributed by atoms with Crippen LogP contribution in [0.1, 0.15) is 64.7 Å². The molecular formula is C16H31N. The zero-order valence-electron chi connectivity index (χ0n) is 11.9. The molecule has 2 fully saturated rings. The van der Waals surface area contributed by atoms with E-state index in [0.717, 1.165) is 23.7 Å². The molecule has 0 spiro atoms. The molecule has 0 saturated heterocycles. The summed E-state index contributed by atoms with van der Waals surface area (Å²) in [6.07, 6.45) is 13.5. The number of hydrogen-bond donors (Lipinski definition) is 1. The van der Waals surface area contributed by atoms with Gasteiger partial charge in [-0.05, 0) is 50.1 Å². The van der Waals surface area contributed by atoms with Gasteiger partial charge >= 0.3 is 0 Å². The lowest BCUT2D eigenvalue weighted by molar-refractivity contribution is 0.116. The Hall–Kier alpha value is -0.0400. The van der Waals surface area contributed by atoms with Crippen molar-refractivity contribution >= 4 is 0 Å². The summed E-state index contributed by atoms with van der Waals surface area (Å²) in [6.45, 7) is 3.73. The molecule has 1 heteroatoms. The van der Waals surface area contributed by atoms with E-state index in [1.54, 1.807) is 0 Å². The highest BCUT2D eigenvalue weighted by Crippen LogP contribution is 2.42. The van der Waals surface area contributed by atoms with Gasteiger partial charge in [-0.25, -0.2) is 0 Å². The van der Waals surface area contributed by atoms with Crippen molar-refractivity contribution in [1.29, 1.82) is 0 Å². The normalized spacial score (nSPS) is 36.7. The third-order valence-electron chi connectivity index (χ3n) is 5.28. The van der Waals surface area contributed by atoms with Crippen LogP contribution in [0.25, 0.3) is 0 Å². The zero-order chi connectivity index (χ0) is 12.1. The van der Waals surface area contributed by atoms with E-state index in [1.165, 1.54) is 64.3 Å². The third-order valence-corrected chi connectivity index (χ3v) is 5.28. The van der Waals surface area contributed by atoms with Crippen LogP contribution in [0, 0.1) is 23.7 Å². The standard InChI is InChI=1S/C16H31N/c1-13-9-10-15(12-17-2)16(11-13)14-7-5-3-4-6-8-14/h13-17H,3-12H2,1-2H3. The van der Waals surface area contributed by atoms with Crippen LogP contribution in [0.3, 0.4) is 0 Å². The van der Waals surface area contributed by atoms with Gasteiger partial charge in [0.15, 0.2) is 0 Å². The van der Waals surface area contributed by atoms with E-state index >= 15 is 0 Å². The molecule has 0 aromatic heterocycles. The first kappa shape index (κ1) is 13.4. The second kappa shape index (κ2) is 6.78. The fraction of sp³-hybridized carbons (Fsp3) is 1.00. The SMILES string of the molecule is CNCC1CCC(C)CC1C1CCCCCC1. The van der Waals surface area contributed by atoms with Gasteiger partial charge < -0.3 is 5.32 Å². The highest BCUT2D eigenvalue weighted by atomic mass is 14.8. The summed E-state index contributed by atoms with van der Waals surface area (Å²) >= 11 is 0. The maximum atomic E-state index is 3.44. The van der Waals surface area contributed by atoms with E-state index < -0.39 is 0 Å². The van der Waals surface area contributed by atoms with Crippen molar-refractivity contribution in [1.82, 2.24) is 5.32 Å². The van der Waals surface area contributed by atoms with Crippen molar-refractivity contribution in [2.24, 2.45) is 23.7 Å². The van der Waals surface area contributed by atoms with Gasteiger partial charge in [-0.1, -0.05) is 51.9 Å². The summed E-state index contributed by atoms with van der Waals surface area (Å²) in [7, 11) is 2.13. The van der Waals surface area contributed by atoms with Crippen molar-refractivity contribution in [3.05, 3.63) is 0 Å². The molecule has 3 atom stereocenters. The lowest BCUT2D eigenvalue weighted by atomic mass is 9.67. The Kier molecular flexibility index (Phi) is 5.34. The highest BCUT2D eigenvalue weighted by molar-refractivity contribution is 4.85. The Morgan fingerprint density at radius 3 is 2.29 bits per heavy atom. The predicted molar refractivity (Wildman–Crippen MR) is 75.1 cm³/mol. The van der Waals surface area contributed by atoms with Crippen LogP contribution < -0.4 is 5.32 Å². The molecule has 2 saturated carbocycles. The van der Waals surface area contributed by atoms with Gasteiger partial charge in [0.2, 0.25) is 0 Å². The maximum Gasteiger partial charge on any atom is -0.00208 e. The Labute approximate surface area is 108 Å². The zero-order valence-corrected chi connectivity index (χ0v) is 11.9. The highest BCUT2D eigenvalue weighted by Gasteiger charge is 2.33. The first-order valence-corrected chi connectivity index (χ1v) is 7.96. The Balaban J connectivity index is 1.96. The number of hydrogen-bond acceptors (Lipinski definition) is 1. The maximum absolute atomic E-state index is 3.44. The van der Waals surface area contributed by atoms with Crippen LogP contribution in [-0.4, -0.2) is 13.6 Å². The lowest BCUT2D eigenvalue weighted by Gasteiger charge is -2.39. The minimum atomic E-state index is 0.972. The molecule has 3 unspecified atom stereocenters. The summed E-state index contributed by atoms with van der Waals surface area (Å²) in [5.41, 5.74) is 0. The van der Waals surface area contributed by atoms with Crippen molar-refractivity contribution < 1.29 is 0 Å². The molecule has 0 aromatic rings. The van der Waals surface area contributed by atoms with Gasteiger partial charge in [0.25, 0.3) is 0 Å². The van der Waals surface area contributed by atoms with E-state index in [-0.39, 0.29) is 0 Å². The van der Waals surface area contributed by atoms with Crippen LogP contribution in [0.4, 0.5) is 0 Å². The Morgan fingerprint density at radius 2 is 1.65 bits per heavy atom. The van der Waals surface area contributed by atoms with Crippen LogP contribution >= 0.6 is 0 Å². The topological polar surface area (TPSA) is 12.0 Å². The fourth-order valence-electron chi connectivity index (χ4n) is 4.32. The van der Waals surface area contributed by atoms with Crippen molar-refractivity contribution in [2.45, 2.75) is 64.7 Å². The number of nitrogens with one attached hydrogen (secondary N) is 1. The molecule has 0 amide bonds. The van der Waals surface area contributed by atoms with Gasteiger partial charge in [-0.3, -0.25) is 0 Å². The van der Waals surface area contributed by atoms with Crippen LogP contribution in [0.2, 0.25) is 0 Å². The van der Waals surface area contributed by atoms with Crippen LogP contribution in [0.15, 0.2) is 0 Å². The van der Waals surface area contributed by atoms with Gasteiger partial charge in [0, 0.05) is 0 Å². The minimum absolute atomic E-state index is 0.972. The van der Waals surface area contributed by atoms with Crippen molar-refractivity contribution in [3.63, 3.8) is 0 Å². The van der Waals surface area contributed by atoms with Crippen molar-refractivity contribution in [2.75, 3.05) is 13.6 Å². The molecule has 0 aliphatic heterocycles. The lowest BCUT2D eigenvalue weighted by Crippen LogP contribution is -2.35. The predicted octanol–water partition coefficient (Wildman–Crippen LogP) is 4.23. The molecule has 0 heterocycles. The van der Waals surface area contributed by atoms with Crippen LogP contribution in [0.5, 0.6) is 0 Å². The van der Waals surface area contributed by atoms with Crippen LogP contribution in [-0.2, 0) is 0 Å². The molecule has 17 heavy (non-hydrogen) atoms. The first-order valence-electron chi connectivity index (χ1n) is 7.96. The Morgan fingerprint density at radius 1 is 0.941 bits per heavy atom. The fourth-order valence-corrected chi connectivity index (χ4v) is 4.32. The van der Waals surface area contributed by atoms with Gasteiger partial charge in [-0.2, -0.15) is 0 Å². The van der Waals surface area contributed by atoms with Gasteiger partial charge in [0.05, 0.1) is 0 Å². The van der Waals surface area contributed by atoms with E-state index in [2.05, 4.69) is 19.3 Å². The molecule has 1 N–H and O–H groups in total. The summed E-state index contributed by atoms with van der Waals surface area (Å²) < 4.78 is 0. The second-order valence-electron chi connectivity index (χ2n) is 6.65. The monoisotopic (exact) mass is 237 g/mol. The summed E-state index contributed by atoms with van der Waals surface area (Å²) in [4.78, 5) is 0. The summed E-state index contributed by atoms with van der Waals surface area (Å²) in [5.74, 6) is 4.04. The van der Waals surface area contributed by atoms with E-state index in [4.69, 9.17) is 0 Å². The largest absolute Gasteiger partial charge is 0.319 e.